The maximum Gasteiger partial charge on any atom is 0.255 e. The van der Waals surface area contributed by atoms with Gasteiger partial charge in [0.15, 0.2) is 0 Å². The van der Waals surface area contributed by atoms with E-state index in [-0.39, 0.29) is 10.9 Å². The Labute approximate surface area is 145 Å². The molecule has 2 rings (SSSR count). The summed E-state index contributed by atoms with van der Waals surface area (Å²) in [5, 5.41) is 3.46. The lowest BCUT2D eigenvalue weighted by molar-refractivity contribution is 0.102. The first-order valence-corrected chi connectivity index (χ1v) is 7.70. The molecule has 0 atom stereocenters. The summed E-state index contributed by atoms with van der Waals surface area (Å²) >= 11 is 20.0. The molecule has 0 heterocycles. The number of benzene rings is 2. The second-order valence-corrected chi connectivity index (χ2v) is 6.31. The Morgan fingerprint density at radius 2 is 1.86 bits per heavy atom. The highest BCUT2D eigenvalue weighted by Gasteiger charge is 2.12. The number of thiocarbonyl (C=S) groups is 1. The number of halogens is 3. The van der Waals surface area contributed by atoms with E-state index in [0.29, 0.717) is 26.9 Å². The van der Waals surface area contributed by atoms with Crippen LogP contribution >= 0.6 is 51.3 Å². The number of carbonyl (C=O) groups is 1. The molecule has 0 bridgehead atoms. The minimum absolute atomic E-state index is 0.195. The van der Waals surface area contributed by atoms with Gasteiger partial charge >= 0.3 is 0 Å². The van der Waals surface area contributed by atoms with Crippen molar-refractivity contribution in [3.63, 3.8) is 0 Å². The summed E-state index contributed by atoms with van der Waals surface area (Å²) in [6, 6.07) is 9.89. The lowest BCUT2D eigenvalue weighted by Crippen LogP contribution is -2.17. The second kappa shape index (κ2) is 6.75. The molecule has 21 heavy (non-hydrogen) atoms. The molecule has 3 nitrogen and oxygen atoms in total. The maximum atomic E-state index is 12.2. The van der Waals surface area contributed by atoms with Crippen molar-refractivity contribution in [1.82, 2.24) is 0 Å². The molecule has 0 fully saturated rings. The number of amides is 1. The first-order valence-electron chi connectivity index (χ1n) is 5.74. The Hall–Kier alpha value is -1.14. The normalized spacial score (nSPS) is 10.2. The van der Waals surface area contributed by atoms with E-state index in [9.17, 15) is 4.79 Å². The van der Waals surface area contributed by atoms with E-state index in [1.807, 2.05) is 0 Å². The summed E-state index contributed by atoms with van der Waals surface area (Å²) in [5.41, 5.74) is 7.16. The lowest BCUT2D eigenvalue weighted by Gasteiger charge is -2.11. The molecule has 1 amide bonds. The molecule has 2 aromatic rings. The summed E-state index contributed by atoms with van der Waals surface area (Å²) in [6.07, 6.45) is 0. The van der Waals surface area contributed by atoms with Crippen molar-refractivity contribution >= 4 is 67.9 Å². The molecular weight excluding hydrogens is 395 g/mol. The summed E-state index contributed by atoms with van der Waals surface area (Å²) in [4.78, 5) is 12.4. The van der Waals surface area contributed by atoms with Crippen molar-refractivity contribution in [2.75, 3.05) is 5.32 Å². The van der Waals surface area contributed by atoms with Crippen LogP contribution in [0.3, 0.4) is 0 Å². The van der Waals surface area contributed by atoms with Crippen LogP contribution in [0, 0.1) is 0 Å². The van der Waals surface area contributed by atoms with E-state index >= 15 is 0 Å². The van der Waals surface area contributed by atoms with Gasteiger partial charge in [0.25, 0.3) is 5.91 Å². The number of carbonyl (C=O) groups excluding carboxylic acids is 1. The monoisotopic (exact) mass is 402 g/mol. The average Bonchev–Trinajstić information content (AvgIpc) is 2.43. The number of anilines is 1. The van der Waals surface area contributed by atoms with Gasteiger partial charge in [0.1, 0.15) is 4.99 Å². The van der Waals surface area contributed by atoms with E-state index in [1.165, 1.54) is 6.07 Å². The zero-order valence-electron chi connectivity index (χ0n) is 10.5. The average molecular weight is 404 g/mol. The van der Waals surface area contributed by atoms with Crippen LogP contribution < -0.4 is 11.1 Å². The van der Waals surface area contributed by atoms with Crippen molar-refractivity contribution in [2.45, 2.75) is 0 Å². The Balaban J connectivity index is 2.31. The van der Waals surface area contributed by atoms with Gasteiger partial charge in [0, 0.05) is 15.6 Å². The molecule has 108 valence electrons. The Kier molecular flexibility index (Phi) is 5.22. The lowest BCUT2D eigenvalue weighted by atomic mass is 10.1. The predicted octanol–water partition coefficient (Wildman–Crippen LogP) is 4.64. The van der Waals surface area contributed by atoms with Crippen LogP contribution in [-0.2, 0) is 0 Å². The van der Waals surface area contributed by atoms with Gasteiger partial charge in [-0.15, -0.1) is 0 Å². The molecular formula is C14H9BrCl2N2OS. The van der Waals surface area contributed by atoms with Gasteiger partial charge in [-0.25, -0.2) is 0 Å². The zero-order chi connectivity index (χ0) is 15.6. The van der Waals surface area contributed by atoms with Crippen LogP contribution in [0.1, 0.15) is 15.9 Å². The van der Waals surface area contributed by atoms with Crippen molar-refractivity contribution in [2.24, 2.45) is 5.73 Å². The SMILES string of the molecule is NC(=S)c1cc(Br)ccc1NC(=O)c1ccc(Cl)c(Cl)c1. The van der Waals surface area contributed by atoms with Crippen molar-refractivity contribution < 1.29 is 4.79 Å². The number of rotatable bonds is 3. The highest BCUT2D eigenvalue weighted by atomic mass is 79.9. The van der Waals surface area contributed by atoms with Crippen molar-refractivity contribution in [1.29, 1.82) is 0 Å². The molecule has 0 radical (unpaired) electrons. The molecule has 2 aromatic carbocycles. The van der Waals surface area contributed by atoms with Crippen molar-refractivity contribution in [3.05, 3.63) is 62.0 Å². The largest absolute Gasteiger partial charge is 0.389 e. The Bertz CT molecular complexity index is 737. The third-order valence-electron chi connectivity index (χ3n) is 2.68. The van der Waals surface area contributed by atoms with Gasteiger partial charge in [0.05, 0.1) is 15.7 Å². The highest BCUT2D eigenvalue weighted by Crippen LogP contribution is 2.25. The van der Waals surface area contributed by atoms with Crippen LogP contribution in [0.2, 0.25) is 10.0 Å². The topological polar surface area (TPSA) is 55.1 Å². The molecule has 7 heteroatoms. The first kappa shape index (κ1) is 16.2. The molecule has 0 saturated carbocycles. The first-order chi connectivity index (χ1) is 9.88. The second-order valence-electron chi connectivity index (χ2n) is 4.14. The maximum absolute atomic E-state index is 12.2. The third-order valence-corrected chi connectivity index (χ3v) is 4.13. The molecule has 0 spiro atoms. The summed E-state index contributed by atoms with van der Waals surface area (Å²) in [6.45, 7) is 0. The van der Waals surface area contributed by atoms with E-state index in [0.717, 1.165) is 4.47 Å². The summed E-state index contributed by atoms with van der Waals surface area (Å²) in [7, 11) is 0. The van der Waals surface area contributed by atoms with Gasteiger partial charge in [-0.3, -0.25) is 4.79 Å². The fourth-order valence-corrected chi connectivity index (χ4v) is 2.49. The van der Waals surface area contributed by atoms with Gasteiger partial charge in [0.2, 0.25) is 0 Å². The standard InChI is InChI=1S/C14H9BrCl2N2OS/c15-8-2-4-12(9(6-8)13(18)21)19-14(20)7-1-3-10(16)11(17)5-7/h1-6H,(H2,18,21)(H,19,20). The molecule has 0 aliphatic rings. The minimum atomic E-state index is -0.326. The fraction of sp³-hybridized carbons (Fsp3) is 0. The van der Waals surface area contributed by atoms with Crippen LogP contribution in [0.4, 0.5) is 5.69 Å². The van der Waals surface area contributed by atoms with E-state index < -0.39 is 0 Å². The van der Waals surface area contributed by atoms with Crippen molar-refractivity contribution in [3.8, 4) is 0 Å². The number of hydrogen-bond donors (Lipinski definition) is 2. The number of hydrogen-bond acceptors (Lipinski definition) is 2. The van der Waals surface area contributed by atoms with Gasteiger partial charge < -0.3 is 11.1 Å². The van der Waals surface area contributed by atoms with E-state index in [1.54, 1.807) is 30.3 Å². The zero-order valence-corrected chi connectivity index (χ0v) is 14.4. The number of nitrogens with one attached hydrogen (secondary N) is 1. The Morgan fingerprint density at radius 1 is 1.14 bits per heavy atom. The predicted molar refractivity (Wildman–Crippen MR) is 94.4 cm³/mol. The van der Waals surface area contributed by atoms with Gasteiger partial charge in [-0.05, 0) is 36.4 Å². The molecule has 0 aliphatic carbocycles. The smallest absolute Gasteiger partial charge is 0.255 e. The minimum Gasteiger partial charge on any atom is -0.389 e. The van der Waals surface area contributed by atoms with E-state index in [4.69, 9.17) is 41.2 Å². The van der Waals surface area contributed by atoms with Crippen LogP contribution in [0.15, 0.2) is 40.9 Å². The molecule has 3 N–H and O–H groups in total. The van der Waals surface area contributed by atoms with Crippen LogP contribution in [0.25, 0.3) is 0 Å². The van der Waals surface area contributed by atoms with Crippen LogP contribution in [-0.4, -0.2) is 10.9 Å². The molecule has 0 saturated heterocycles. The Morgan fingerprint density at radius 3 is 2.48 bits per heavy atom. The number of nitrogens with two attached hydrogens (primary N) is 1. The van der Waals surface area contributed by atoms with E-state index in [2.05, 4.69) is 21.2 Å². The summed E-state index contributed by atoms with van der Waals surface area (Å²) in [5.74, 6) is -0.326. The fourth-order valence-electron chi connectivity index (χ4n) is 1.66. The summed E-state index contributed by atoms with van der Waals surface area (Å²) < 4.78 is 0.817. The van der Waals surface area contributed by atoms with Gasteiger partial charge in [-0.2, -0.15) is 0 Å². The van der Waals surface area contributed by atoms with Crippen LogP contribution in [0.5, 0.6) is 0 Å². The van der Waals surface area contributed by atoms with Gasteiger partial charge in [-0.1, -0.05) is 51.3 Å². The quantitative estimate of drug-likeness (QED) is 0.733. The molecule has 0 aliphatic heterocycles. The molecule has 0 aromatic heterocycles. The molecule has 0 unspecified atom stereocenters. The highest BCUT2D eigenvalue weighted by molar-refractivity contribution is 9.10. The third kappa shape index (κ3) is 3.95.